The Morgan fingerprint density at radius 1 is 0.467 bits per heavy atom. The van der Waals surface area contributed by atoms with E-state index < -0.39 is 12.1 Å². The van der Waals surface area contributed by atoms with E-state index in [9.17, 15) is 19.8 Å². The van der Waals surface area contributed by atoms with Crippen LogP contribution in [0.5, 0.6) is 0 Å². The van der Waals surface area contributed by atoms with Crippen molar-refractivity contribution in [3.63, 3.8) is 0 Å². The molecule has 0 radical (unpaired) electrons. The summed E-state index contributed by atoms with van der Waals surface area (Å²) in [4.78, 5) is 24.4. The Labute approximate surface area is 373 Å². The van der Waals surface area contributed by atoms with Crippen molar-refractivity contribution in [2.24, 2.45) is 0 Å². The van der Waals surface area contributed by atoms with Crippen LogP contribution in [0.25, 0.3) is 0 Å². The molecule has 0 aliphatic heterocycles. The SMILES string of the molecule is CCCCCC/C=C\C/C=C\CCCCCCCC(=O)OCCCCCCCCCCCCCCCCCC(=O)NC(CO)C(O)/C=C/CCCCCCCCCCCC. The van der Waals surface area contributed by atoms with Gasteiger partial charge >= 0.3 is 5.97 Å². The lowest BCUT2D eigenvalue weighted by Gasteiger charge is -2.20. The minimum atomic E-state index is -0.849. The van der Waals surface area contributed by atoms with Crippen molar-refractivity contribution in [1.29, 1.82) is 0 Å². The second kappa shape index (κ2) is 49.7. The number of aliphatic hydroxyl groups is 2. The number of aliphatic hydroxyl groups excluding tert-OH is 2. The topological polar surface area (TPSA) is 95.9 Å². The summed E-state index contributed by atoms with van der Waals surface area (Å²) in [6, 6.07) is -0.634. The summed E-state index contributed by atoms with van der Waals surface area (Å²) in [5.41, 5.74) is 0. The average molecular weight is 844 g/mol. The van der Waals surface area contributed by atoms with Gasteiger partial charge in [0, 0.05) is 12.8 Å². The van der Waals surface area contributed by atoms with Gasteiger partial charge in [-0.1, -0.05) is 230 Å². The van der Waals surface area contributed by atoms with Crippen molar-refractivity contribution in [2.75, 3.05) is 13.2 Å². The maximum absolute atomic E-state index is 12.4. The molecule has 0 aromatic heterocycles. The van der Waals surface area contributed by atoms with Crippen molar-refractivity contribution >= 4 is 11.9 Å². The fourth-order valence-corrected chi connectivity index (χ4v) is 7.84. The van der Waals surface area contributed by atoms with E-state index in [1.165, 1.54) is 180 Å². The van der Waals surface area contributed by atoms with Crippen LogP contribution in [0.1, 0.15) is 271 Å². The second-order valence-electron chi connectivity index (χ2n) is 17.9. The van der Waals surface area contributed by atoms with E-state index in [1.807, 2.05) is 6.08 Å². The van der Waals surface area contributed by atoms with Crippen LogP contribution in [0.2, 0.25) is 0 Å². The van der Waals surface area contributed by atoms with E-state index in [0.29, 0.717) is 19.4 Å². The summed E-state index contributed by atoms with van der Waals surface area (Å²) in [7, 11) is 0. The number of esters is 1. The molecule has 3 N–H and O–H groups in total. The number of rotatable bonds is 48. The largest absolute Gasteiger partial charge is 0.466 e. The molecule has 0 aromatic rings. The van der Waals surface area contributed by atoms with Crippen LogP contribution >= 0.6 is 0 Å². The second-order valence-corrected chi connectivity index (χ2v) is 17.9. The number of carbonyl (C=O) groups is 2. The van der Waals surface area contributed by atoms with Crippen molar-refractivity contribution < 1.29 is 24.5 Å². The third-order valence-electron chi connectivity index (χ3n) is 11.9. The molecule has 0 aliphatic carbocycles. The number of unbranched alkanes of at least 4 members (excludes halogenated alkanes) is 33. The summed E-state index contributed by atoms with van der Waals surface area (Å²) < 4.78 is 5.46. The minimum Gasteiger partial charge on any atom is -0.466 e. The van der Waals surface area contributed by atoms with Gasteiger partial charge in [-0.15, -0.1) is 0 Å². The molecule has 0 saturated heterocycles. The molecule has 0 spiro atoms. The lowest BCUT2D eigenvalue weighted by molar-refractivity contribution is -0.143. The van der Waals surface area contributed by atoms with E-state index >= 15 is 0 Å². The van der Waals surface area contributed by atoms with E-state index in [2.05, 4.69) is 43.5 Å². The molecule has 0 aromatic carbocycles. The molecule has 6 heteroatoms. The highest BCUT2D eigenvalue weighted by atomic mass is 16.5. The van der Waals surface area contributed by atoms with Gasteiger partial charge < -0.3 is 20.3 Å². The number of nitrogens with one attached hydrogen (secondary N) is 1. The number of ether oxygens (including phenoxy) is 1. The zero-order chi connectivity index (χ0) is 43.7. The van der Waals surface area contributed by atoms with E-state index in [4.69, 9.17) is 4.74 Å². The normalized spacial score (nSPS) is 12.9. The van der Waals surface area contributed by atoms with Gasteiger partial charge in [0.1, 0.15) is 0 Å². The lowest BCUT2D eigenvalue weighted by Crippen LogP contribution is -2.45. The van der Waals surface area contributed by atoms with Crippen LogP contribution in [0.15, 0.2) is 36.5 Å². The van der Waals surface area contributed by atoms with Crippen molar-refractivity contribution in [2.45, 2.75) is 283 Å². The Bertz CT molecular complexity index is 977. The van der Waals surface area contributed by atoms with Gasteiger partial charge in [0.05, 0.1) is 25.4 Å². The summed E-state index contributed by atoms with van der Waals surface area (Å²) >= 11 is 0. The van der Waals surface area contributed by atoms with Gasteiger partial charge in [-0.2, -0.15) is 0 Å². The monoisotopic (exact) mass is 844 g/mol. The molecule has 60 heavy (non-hydrogen) atoms. The van der Waals surface area contributed by atoms with Gasteiger partial charge in [-0.05, 0) is 64.2 Å². The maximum Gasteiger partial charge on any atom is 0.305 e. The Hall–Kier alpha value is -1.92. The highest BCUT2D eigenvalue weighted by Crippen LogP contribution is 2.15. The van der Waals surface area contributed by atoms with Crippen LogP contribution < -0.4 is 5.32 Å². The smallest absolute Gasteiger partial charge is 0.305 e. The first-order chi connectivity index (χ1) is 29.5. The molecule has 2 atom stereocenters. The molecule has 0 bridgehead atoms. The summed E-state index contributed by atoms with van der Waals surface area (Å²) in [6.07, 6.45) is 60.0. The van der Waals surface area contributed by atoms with E-state index in [1.54, 1.807) is 6.08 Å². The van der Waals surface area contributed by atoms with Crippen molar-refractivity contribution in [1.82, 2.24) is 5.32 Å². The average Bonchev–Trinajstić information content (AvgIpc) is 3.25. The van der Waals surface area contributed by atoms with Crippen LogP contribution in [0.4, 0.5) is 0 Å². The quantitative estimate of drug-likeness (QED) is 0.0322. The molecule has 0 fully saturated rings. The number of allylic oxidation sites excluding steroid dienone is 5. The molecule has 0 rings (SSSR count). The molecule has 1 amide bonds. The fourth-order valence-electron chi connectivity index (χ4n) is 7.84. The standard InChI is InChI=1S/C54H101NO5/c1-3-5-7-9-11-13-15-17-18-21-24-28-32-36-40-44-48-54(59)60-49-45-41-37-33-29-25-22-19-20-23-27-31-35-39-43-47-53(58)55-51(50-56)52(57)46-42-38-34-30-26-16-14-12-10-8-6-4-2/h13,15,18,21,42,46,51-52,56-57H,3-12,14,16-17,19-20,22-41,43-45,47-50H2,1-2H3,(H,55,58)/b15-13-,21-18-,46-42+. The molecule has 0 aliphatic rings. The van der Waals surface area contributed by atoms with Crippen LogP contribution in [0.3, 0.4) is 0 Å². The number of hydrogen-bond acceptors (Lipinski definition) is 5. The predicted molar refractivity (Wildman–Crippen MR) is 259 cm³/mol. The molecule has 6 nitrogen and oxygen atoms in total. The Kier molecular flexibility index (Phi) is 48.1. The van der Waals surface area contributed by atoms with Gasteiger partial charge in [0.25, 0.3) is 0 Å². The van der Waals surface area contributed by atoms with E-state index in [0.717, 1.165) is 64.2 Å². The van der Waals surface area contributed by atoms with Crippen LogP contribution in [0, 0.1) is 0 Å². The van der Waals surface area contributed by atoms with Crippen molar-refractivity contribution in [3.05, 3.63) is 36.5 Å². The first-order valence-corrected chi connectivity index (χ1v) is 26.3. The summed E-state index contributed by atoms with van der Waals surface area (Å²) in [5.74, 6) is -0.0930. The van der Waals surface area contributed by atoms with Crippen molar-refractivity contribution in [3.8, 4) is 0 Å². The summed E-state index contributed by atoms with van der Waals surface area (Å²) in [5, 5.41) is 23.0. The highest BCUT2D eigenvalue weighted by Gasteiger charge is 2.18. The van der Waals surface area contributed by atoms with E-state index in [-0.39, 0.29) is 18.5 Å². The number of carbonyl (C=O) groups excluding carboxylic acids is 2. The van der Waals surface area contributed by atoms with Gasteiger partial charge in [0.2, 0.25) is 5.91 Å². The minimum absolute atomic E-state index is 0.0145. The maximum atomic E-state index is 12.4. The number of hydrogen-bond donors (Lipinski definition) is 3. The molecule has 2 unspecified atom stereocenters. The Balaban J connectivity index is 3.46. The fraction of sp³-hybridized carbons (Fsp3) is 0.852. The first kappa shape index (κ1) is 58.1. The Morgan fingerprint density at radius 2 is 0.833 bits per heavy atom. The Morgan fingerprint density at radius 3 is 1.28 bits per heavy atom. The molecular formula is C54H101NO5. The third kappa shape index (κ3) is 45.6. The molecular weight excluding hydrogens is 743 g/mol. The highest BCUT2D eigenvalue weighted by molar-refractivity contribution is 5.76. The van der Waals surface area contributed by atoms with Gasteiger partial charge in [-0.3, -0.25) is 9.59 Å². The predicted octanol–water partition coefficient (Wildman–Crippen LogP) is 15.7. The van der Waals surface area contributed by atoms with Crippen LogP contribution in [-0.2, 0) is 14.3 Å². The van der Waals surface area contributed by atoms with Gasteiger partial charge in [-0.25, -0.2) is 0 Å². The third-order valence-corrected chi connectivity index (χ3v) is 11.9. The molecule has 0 heterocycles. The number of amides is 1. The molecule has 352 valence electrons. The van der Waals surface area contributed by atoms with Crippen LogP contribution in [-0.4, -0.2) is 47.4 Å². The zero-order valence-corrected chi connectivity index (χ0v) is 39.9. The lowest BCUT2D eigenvalue weighted by atomic mass is 10.0. The van der Waals surface area contributed by atoms with Gasteiger partial charge in [0.15, 0.2) is 0 Å². The first-order valence-electron chi connectivity index (χ1n) is 26.3. The summed E-state index contributed by atoms with van der Waals surface area (Å²) in [6.45, 7) is 4.85. The zero-order valence-electron chi connectivity index (χ0n) is 39.9. The molecule has 0 saturated carbocycles.